The van der Waals surface area contributed by atoms with Gasteiger partial charge in [0.1, 0.15) is 23.6 Å². The summed E-state index contributed by atoms with van der Waals surface area (Å²) < 4.78 is 16.5. The molecule has 1 amide bonds. The van der Waals surface area contributed by atoms with Crippen molar-refractivity contribution in [3.63, 3.8) is 0 Å². The molecule has 0 bridgehead atoms. The van der Waals surface area contributed by atoms with E-state index in [2.05, 4.69) is 37.1 Å². The molecule has 0 aliphatic carbocycles. The van der Waals surface area contributed by atoms with E-state index in [9.17, 15) is 4.79 Å². The van der Waals surface area contributed by atoms with E-state index in [1.165, 1.54) is 12.4 Å². The molecule has 0 fully saturated rings. The summed E-state index contributed by atoms with van der Waals surface area (Å²) in [5, 5.41) is 6.06. The van der Waals surface area contributed by atoms with Crippen LogP contribution in [0.2, 0.25) is 0 Å². The molecule has 0 saturated carbocycles. The molecular weight excluding hydrogens is 474 g/mol. The maximum atomic E-state index is 12.2. The van der Waals surface area contributed by atoms with Crippen LogP contribution in [-0.2, 0) is 4.79 Å². The molecule has 37 heavy (non-hydrogen) atoms. The molecule has 0 atom stereocenters. The van der Waals surface area contributed by atoms with E-state index in [1.807, 2.05) is 32.1 Å². The number of benzene rings is 2. The fourth-order valence-electron chi connectivity index (χ4n) is 3.50. The summed E-state index contributed by atoms with van der Waals surface area (Å²) in [6.07, 6.45) is 2.63. The topological polar surface area (TPSA) is 114 Å². The molecule has 11 heteroatoms. The Labute approximate surface area is 217 Å². The second-order valence-electron chi connectivity index (χ2n) is 8.31. The van der Waals surface area contributed by atoms with Crippen molar-refractivity contribution >= 4 is 28.9 Å². The lowest BCUT2D eigenvalue weighted by Gasteiger charge is -2.26. The standard InChI is InChI=1S/C26H33N7O4/c1-8-24(34)29-19-14-20(23(37-7)15-21(19)33(4)12-11-32(2)3)30-26-28-16-27-25(31-26)18-13-17(35-5)9-10-22(18)36-6/h8-10,13-16H,1,11-12H2,2-7H3,(H,29,34)(H,27,28,30,31). The number of hydrogen-bond acceptors (Lipinski definition) is 10. The highest BCUT2D eigenvalue weighted by molar-refractivity contribution is 6.02. The number of rotatable bonds is 12. The van der Waals surface area contributed by atoms with Crippen molar-refractivity contribution in [2.24, 2.45) is 0 Å². The Hall–Kier alpha value is -4.38. The maximum Gasteiger partial charge on any atom is 0.247 e. The largest absolute Gasteiger partial charge is 0.497 e. The molecule has 0 aliphatic rings. The van der Waals surface area contributed by atoms with Crippen LogP contribution in [0.3, 0.4) is 0 Å². The van der Waals surface area contributed by atoms with E-state index in [4.69, 9.17) is 14.2 Å². The average molecular weight is 508 g/mol. The zero-order valence-electron chi connectivity index (χ0n) is 22.0. The van der Waals surface area contributed by atoms with Crippen molar-refractivity contribution in [3.8, 4) is 28.6 Å². The summed E-state index contributed by atoms with van der Waals surface area (Å²) in [6.45, 7) is 5.12. The van der Waals surface area contributed by atoms with Crippen LogP contribution in [0.15, 0.2) is 49.3 Å². The van der Waals surface area contributed by atoms with Gasteiger partial charge in [0.2, 0.25) is 11.9 Å². The Morgan fingerprint density at radius 1 is 0.973 bits per heavy atom. The van der Waals surface area contributed by atoms with Gasteiger partial charge in [-0.05, 0) is 44.4 Å². The van der Waals surface area contributed by atoms with Crippen LogP contribution in [0.25, 0.3) is 11.4 Å². The molecule has 2 aromatic carbocycles. The second kappa shape index (κ2) is 12.5. The Morgan fingerprint density at radius 3 is 2.38 bits per heavy atom. The van der Waals surface area contributed by atoms with E-state index >= 15 is 0 Å². The van der Waals surface area contributed by atoms with Gasteiger partial charge in [0.25, 0.3) is 0 Å². The maximum absolute atomic E-state index is 12.2. The van der Waals surface area contributed by atoms with Crippen molar-refractivity contribution in [2.75, 3.05) is 71.1 Å². The van der Waals surface area contributed by atoms with Crippen LogP contribution in [0.5, 0.6) is 17.2 Å². The first-order valence-electron chi connectivity index (χ1n) is 11.5. The molecule has 11 nitrogen and oxygen atoms in total. The van der Waals surface area contributed by atoms with Gasteiger partial charge in [-0.3, -0.25) is 4.79 Å². The number of carbonyl (C=O) groups excluding carboxylic acids is 1. The number of amides is 1. The summed E-state index contributed by atoms with van der Waals surface area (Å²) in [6, 6.07) is 9.00. The molecule has 196 valence electrons. The van der Waals surface area contributed by atoms with Gasteiger partial charge in [-0.25, -0.2) is 9.97 Å². The minimum atomic E-state index is -0.328. The molecule has 1 aromatic heterocycles. The molecule has 2 N–H and O–H groups in total. The van der Waals surface area contributed by atoms with Crippen molar-refractivity contribution in [1.29, 1.82) is 0 Å². The van der Waals surface area contributed by atoms with Gasteiger partial charge >= 0.3 is 0 Å². The molecule has 0 spiro atoms. The van der Waals surface area contributed by atoms with Crippen LogP contribution in [-0.4, -0.2) is 81.3 Å². The summed E-state index contributed by atoms with van der Waals surface area (Å²) in [5.74, 6) is 2.13. The number of anilines is 4. The lowest BCUT2D eigenvalue weighted by Crippen LogP contribution is -2.29. The Balaban J connectivity index is 2.01. The van der Waals surface area contributed by atoms with Gasteiger partial charge in [-0.1, -0.05) is 6.58 Å². The third-order valence-electron chi connectivity index (χ3n) is 5.52. The minimum Gasteiger partial charge on any atom is -0.497 e. The summed E-state index contributed by atoms with van der Waals surface area (Å²) in [5.41, 5.74) is 2.58. The molecule has 0 aliphatic heterocycles. The first-order valence-corrected chi connectivity index (χ1v) is 11.5. The van der Waals surface area contributed by atoms with Crippen molar-refractivity contribution in [2.45, 2.75) is 0 Å². The fraction of sp³-hybridized carbons (Fsp3) is 0.308. The summed E-state index contributed by atoms with van der Waals surface area (Å²) >= 11 is 0. The van der Waals surface area contributed by atoms with Crippen molar-refractivity contribution < 1.29 is 19.0 Å². The van der Waals surface area contributed by atoms with Crippen molar-refractivity contribution in [3.05, 3.63) is 49.3 Å². The number of carbonyl (C=O) groups is 1. The quantitative estimate of drug-likeness (QED) is 0.353. The Bertz CT molecular complexity index is 1250. The smallest absolute Gasteiger partial charge is 0.247 e. The highest BCUT2D eigenvalue weighted by Gasteiger charge is 2.17. The zero-order chi connectivity index (χ0) is 26.9. The molecule has 1 heterocycles. The number of hydrogen-bond donors (Lipinski definition) is 2. The van der Waals surface area contributed by atoms with E-state index in [0.29, 0.717) is 40.0 Å². The fourth-order valence-corrected chi connectivity index (χ4v) is 3.50. The average Bonchev–Trinajstić information content (AvgIpc) is 2.91. The van der Waals surface area contributed by atoms with Gasteiger partial charge in [0, 0.05) is 26.2 Å². The van der Waals surface area contributed by atoms with E-state index < -0.39 is 0 Å². The van der Waals surface area contributed by atoms with Crippen LogP contribution < -0.4 is 29.7 Å². The van der Waals surface area contributed by atoms with Gasteiger partial charge in [-0.15, -0.1) is 0 Å². The number of nitrogens with one attached hydrogen (secondary N) is 2. The number of methoxy groups -OCH3 is 3. The molecule has 0 saturated heterocycles. The number of likely N-dealkylation sites (N-methyl/N-ethyl adjacent to an activating group) is 2. The SMILES string of the molecule is C=CC(=O)Nc1cc(Nc2ncnc(-c3cc(OC)ccc3OC)n2)c(OC)cc1N(C)CCN(C)C. The van der Waals surface area contributed by atoms with E-state index in [-0.39, 0.29) is 11.9 Å². The predicted octanol–water partition coefficient (Wildman–Crippen LogP) is 3.43. The van der Waals surface area contributed by atoms with Crippen LogP contribution in [0, 0.1) is 0 Å². The first-order chi connectivity index (χ1) is 17.8. The van der Waals surface area contributed by atoms with Gasteiger partial charge < -0.3 is 34.6 Å². The zero-order valence-corrected chi connectivity index (χ0v) is 22.0. The summed E-state index contributed by atoms with van der Waals surface area (Å²) in [7, 11) is 10.7. The van der Waals surface area contributed by atoms with Gasteiger partial charge in [0.05, 0.1) is 44.0 Å². The number of nitrogens with zero attached hydrogens (tertiary/aromatic N) is 5. The normalized spacial score (nSPS) is 10.6. The highest BCUT2D eigenvalue weighted by Crippen LogP contribution is 2.38. The lowest BCUT2D eigenvalue weighted by atomic mass is 10.1. The molecule has 0 radical (unpaired) electrons. The lowest BCUT2D eigenvalue weighted by molar-refractivity contribution is -0.111. The number of aromatic nitrogens is 3. The van der Waals surface area contributed by atoms with Crippen LogP contribution in [0.4, 0.5) is 23.0 Å². The van der Waals surface area contributed by atoms with E-state index in [0.717, 1.165) is 18.8 Å². The molecular formula is C26H33N7O4. The Morgan fingerprint density at radius 2 is 1.73 bits per heavy atom. The van der Waals surface area contributed by atoms with Crippen LogP contribution in [0.1, 0.15) is 0 Å². The van der Waals surface area contributed by atoms with E-state index in [1.54, 1.807) is 45.6 Å². The predicted molar refractivity (Wildman–Crippen MR) is 145 cm³/mol. The third kappa shape index (κ3) is 6.85. The third-order valence-corrected chi connectivity index (χ3v) is 5.52. The first kappa shape index (κ1) is 27.2. The van der Waals surface area contributed by atoms with Gasteiger partial charge in [-0.2, -0.15) is 4.98 Å². The highest BCUT2D eigenvalue weighted by atomic mass is 16.5. The number of ether oxygens (including phenoxy) is 3. The summed E-state index contributed by atoms with van der Waals surface area (Å²) in [4.78, 5) is 29.5. The van der Waals surface area contributed by atoms with Gasteiger partial charge in [0.15, 0.2) is 5.82 Å². The monoisotopic (exact) mass is 507 g/mol. The second-order valence-corrected chi connectivity index (χ2v) is 8.31. The minimum absolute atomic E-state index is 0.280. The molecule has 3 rings (SSSR count). The van der Waals surface area contributed by atoms with Crippen molar-refractivity contribution in [1.82, 2.24) is 19.9 Å². The Kier molecular flexibility index (Phi) is 9.22. The molecule has 0 unspecified atom stereocenters. The van der Waals surface area contributed by atoms with Crippen LogP contribution >= 0.6 is 0 Å². The molecule has 3 aromatic rings.